The van der Waals surface area contributed by atoms with Crippen molar-refractivity contribution in [2.45, 2.75) is 13.1 Å². The van der Waals surface area contributed by atoms with Crippen molar-refractivity contribution in [2.75, 3.05) is 13.5 Å². The van der Waals surface area contributed by atoms with Crippen LogP contribution in [-0.2, 0) is 17.8 Å². The number of ether oxygens (including phenoxy) is 1. The van der Waals surface area contributed by atoms with Crippen molar-refractivity contribution < 1.29 is 4.74 Å². The topological polar surface area (TPSA) is 15.7 Å². The summed E-state index contributed by atoms with van der Waals surface area (Å²) in [5.41, 5.74) is 2.67. The zero-order chi connectivity index (χ0) is 18.1. The van der Waals surface area contributed by atoms with Gasteiger partial charge in [0.25, 0.3) is 0 Å². The van der Waals surface area contributed by atoms with Crippen LogP contribution in [0.4, 0.5) is 0 Å². The molecule has 0 aliphatic carbocycles. The monoisotopic (exact) mass is 354 g/mol. The Morgan fingerprint density at radius 1 is 0.556 bits per heavy atom. The molecule has 134 valence electrons. The Hall–Kier alpha value is -2.72. The maximum Gasteiger partial charge on any atom is 0.114 e. The van der Waals surface area contributed by atoms with Crippen LogP contribution in [0, 0.1) is 0 Å². The molecule has 0 amide bonds. The predicted molar refractivity (Wildman–Crippen MR) is 110 cm³/mol. The number of rotatable bonds is 4. The second-order valence-corrected chi connectivity index (χ2v) is 7.07. The van der Waals surface area contributed by atoms with Crippen LogP contribution in [0.5, 0.6) is 0 Å². The van der Waals surface area contributed by atoms with Crippen molar-refractivity contribution in [3.8, 4) is 0 Å². The van der Waals surface area contributed by atoms with E-state index in [1.807, 2.05) is 0 Å². The Labute approximate surface area is 159 Å². The largest absolute Gasteiger partial charge is 0.348 e. The van der Waals surface area contributed by atoms with Crippen molar-refractivity contribution in [3.63, 3.8) is 0 Å². The molecule has 5 rings (SSSR count). The van der Waals surface area contributed by atoms with E-state index in [0.717, 1.165) is 13.1 Å². The summed E-state index contributed by atoms with van der Waals surface area (Å²) in [4.78, 5) is 0. The van der Waals surface area contributed by atoms with Crippen molar-refractivity contribution in [2.24, 2.45) is 0 Å². The molecule has 3 heteroatoms. The van der Waals surface area contributed by atoms with E-state index in [1.165, 1.54) is 32.7 Å². The summed E-state index contributed by atoms with van der Waals surface area (Å²) in [5.74, 6) is 0. The van der Waals surface area contributed by atoms with E-state index < -0.39 is 0 Å². The maximum atomic E-state index is 5.79. The van der Waals surface area contributed by atoms with Gasteiger partial charge in [0, 0.05) is 13.1 Å². The summed E-state index contributed by atoms with van der Waals surface area (Å²) in [5, 5.41) is 9.83. The SMILES string of the molecule is c1ccc2c(CN3COCN3Cc3cccc4ccccc34)cccc2c1. The average Bonchev–Trinajstić information content (AvgIpc) is 3.15. The quantitative estimate of drug-likeness (QED) is 0.504. The first-order valence-electron chi connectivity index (χ1n) is 9.39. The highest BCUT2D eigenvalue weighted by atomic mass is 16.5. The third-order valence-corrected chi connectivity index (χ3v) is 5.35. The Balaban J connectivity index is 1.42. The van der Waals surface area contributed by atoms with Gasteiger partial charge in [-0.3, -0.25) is 0 Å². The van der Waals surface area contributed by atoms with Crippen molar-refractivity contribution in [1.29, 1.82) is 0 Å². The zero-order valence-corrected chi connectivity index (χ0v) is 15.2. The molecule has 0 aromatic heterocycles. The number of nitrogens with zero attached hydrogens (tertiary/aromatic N) is 2. The van der Waals surface area contributed by atoms with Gasteiger partial charge in [0.2, 0.25) is 0 Å². The van der Waals surface area contributed by atoms with Gasteiger partial charge in [-0.2, -0.15) is 0 Å². The van der Waals surface area contributed by atoms with Crippen LogP contribution in [-0.4, -0.2) is 23.5 Å². The molecule has 1 aliphatic heterocycles. The van der Waals surface area contributed by atoms with Gasteiger partial charge in [-0.05, 0) is 32.7 Å². The molecule has 0 N–H and O–H groups in total. The first-order valence-corrected chi connectivity index (χ1v) is 9.39. The lowest BCUT2D eigenvalue weighted by atomic mass is 10.0. The van der Waals surface area contributed by atoms with Gasteiger partial charge in [-0.25, -0.2) is 10.0 Å². The van der Waals surface area contributed by atoms with Gasteiger partial charge < -0.3 is 4.74 Å². The Morgan fingerprint density at radius 3 is 1.52 bits per heavy atom. The fourth-order valence-electron chi connectivity index (χ4n) is 3.96. The van der Waals surface area contributed by atoms with Crippen molar-refractivity contribution in [1.82, 2.24) is 10.0 Å². The molecule has 3 nitrogen and oxygen atoms in total. The van der Waals surface area contributed by atoms with Crippen LogP contribution >= 0.6 is 0 Å². The van der Waals surface area contributed by atoms with E-state index in [2.05, 4.69) is 94.9 Å². The lowest BCUT2D eigenvalue weighted by molar-refractivity contribution is 0.0117. The lowest BCUT2D eigenvalue weighted by Gasteiger charge is -2.26. The molecule has 1 heterocycles. The second-order valence-electron chi connectivity index (χ2n) is 7.07. The van der Waals surface area contributed by atoms with Gasteiger partial charge in [-0.15, -0.1) is 0 Å². The maximum absolute atomic E-state index is 5.79. The van der Waals surface area contributed by atoms with Gasteiger partial charge >= 0.3 is 0 Å². The normalized spacial score (nSPS) is 15.7. The molecule has 1 fully saturated rings. The smallest absolute Gasteiger partial charge is 0.114 e. The molecule has 27 heavy (non-hydrogen) atoms. The van der Waals surface area contributed by atoms with E-state index in [1.54, 1.807) is 0 Å². The minimum absolute atomic E-state index is 0.633. The number of hydrogen-bond acceptors (Lipinski definition) is 3. The van der Waals surface area contributed by atoms with E-state index >= 15 is 0 Å². The molecule has 1 saturated heterocycles. The summed E-state index contributed by atoms with van der Waals surface area (Å²) >= 11 is 0. The third-order valence-electron chi connectivity index (χ3n) is 5.35. The van der Waals surface area contributed by atoms with Gasteiger partial charge in [0.05, 0.1) is 0 Å². The van der Waals surface area contributed by atoms with Gasteiger partial charge in [0.15, 0.2) is 0 Å². The Morgan fingerprint density at radius 2 is 1.00 bits per heavy atom. The Kier molecular flexibility index (Phi) is 4.34. The van der Waals surface area contributed by atoms with Crippen LogP contribution in [0.25, 0.3) is 21.5 Å². The molecule has 4 aromatic rings. The lowest BCUT2D eigenvalue weighted by Crippen LogP contribution is -2.35. The second kappa shape index (κ2) is 7.12. The molecule has 0 atom stereocenters. The molecule has 0 unspecified atom stereocenters. The molecule has 0 spiro atoms. The van der Waals surface area contributed by atoms with E-state index in [9.17, 15) is 0 Å². The first kappa shape index (κ1) is 16.5. The number of benzene rings is 4. The number of fused-ring (bicyclic) bond motifs is 2. The summed E-state index contributed by atoms with van der Waals surface area (Å²) in [6, 6.07) is 30.2. The molecular weight excluding hydrogens is 332 g/mol. The van der Waals surface area contributed by atoms with Crippen molar-refractivity contribution in [3.05, 3.63) is 96.1 Å². The van der Waals surface area contributed by atoms with Gasteiger partial charge in [-0.1, -0.05) is 84.9 Å². The van der Waals surface area contributed by atoms with E-state index in [4.69, 9.17) is 4.74 Å². The van der Waals surface area contributed by atoms with Crippen LogP contribution in [0.2, 0.25) is 0 Å². The summed E-state index contributed by atoms with van der Waals surface area (Å²) < 4.78 is 5.79. The van der Waals surface area contributed by atoms with Crippen LogP contribution in [0.3, 0.4) is 0 Å². The molecular formula is C24H22N2O. The van der Waals surface area contributed by atoms with Crippen molar-refractivity contribution >= 4 is 21.5 Å². The highest BCUT2D eigenvalue weighted by molar-refractivity contribution is 5.86. The molecule has 0 bridgehead atoms. The highest BCUT2D eigenvalue weighted by Crippen LogP contribution is 2.25. The first-order chi connectivity index (χ1) is 13.4. The van der Waals surface area contributed by atoms with Crippen LogP contribution in [0.15, 0.2) is 84.9 Å². The predicted octanol–water partition coefficient (Wildman–Crippen LogP) is 5.16. The summed E-state index contributed by atoms with van der Waals surface area (Å²) in [6.07, 6.45) is 0. The third kappa shape index (κ3) is 3.21. The number of hydrogen-bond donors (Lipinski definition) is 0. The molecule has 0 radical (unpaired) electrons. The fourth-order valence-corrected chi connectivity index (χ4v) is 3.96. The molecule has 4 aromatic carbocycles. The standard InChI is InChI=1S/C24H22N2O/c1-3-13-23-19(7-1)9-5-11-21(23)15-25-17-27-18-26(25)16-22-12-6-10-20-8-2-4-14-24(20)22/h1-14H,15-18H2. The minimum Gasteiger partial charge on any atom is -0.348 e. The molecule has 1 aliphatic rings. The zero-order valence-electron chi connectivity index (χ0n) is 15.2. The summed E-state index contributed by atoms with van der Waals surface area (Å²) in [6.45, 7) is 2.97. The average molecular weight is 354 g/mol. The van der Waals surface area contributed by atoms with E-state index in [-0.39, 0.29) is 0 Å². The minimum atomic E-state index is 0.633. The van der Waals surface area contributed by atoms with Crippen LogP contribution < -0.4 is 0 Å². The fraction of sp³-hybridized carbons (Fsp3) is 0.167. The van der Waals surface area contributed by atoms with Crippen LogP contribution in [0.1, 0.15) is 11.1 Å². The summed E-state index contributed by atoms with van der Waals surface area (Å²) in [7, 11) is 0. The Bertz CT molecular complexity index is 994. The highest BCUT2D eigenvalue weighted by Gasteiger charge is 2.23. The van der Waals surface area contributed by atoms with Gasteiger partial charge in [0.1, 0.15) is 13.5 Å². The van der Waals surface area contributed by atoms with E-state index in [0.29, 0.717) is 13.5 Å². The number of hydrazine groups is 1. The molecule has 0 saturated carbocycles.